The molecule has 4 heteroatoms. The number of aryl methyl sites for hydroxylation is 1. The molecule has 1 aromatic heterocycles. The van der Waals surface area contributed by atoms with Crippen LogP contribution in [0.3, 0.4) is 0 Å². The lowest BCUT2D eigenvalue weighted by molar-refractivity contribution is 0.529. The smallest absolute Gasteiger partial charge is 0.123 e. The summed E-state index contributed by atoms with van der Waals surface area (Å²) in [6.07, 6.45) is 1.96. The maximum Gasteiger partial charge on any atom is 0.123 e. The molecule has 0 saturated heterocycles. The Morgan fingerprint density at radius 1 is 1.21 bits per heavy atom. The van der Waals surface area contributed by atoms with E-state index in [2.05, 4.69) is 18.9 Å². The van der Waals surface area contributed by atoms with Crippen LogP contribution in [0.2, 0.25) is 0 Å². The van der Waals surface area contributed by atoms with E-state index in [0.717, 1.165) is 22.4 Å². The summed E-state index contributed by atoms with van der Waals surface area (Å²) < 4.78 is 15.4. The van der Waals surface area contributed by atoms with Gasteiger partial charge in [0, 0.05) is 23.8 Å². The molecule has 1 heterocycles. The van der Waals surface area contributed by atoms with E-state index in [1.54, 1.807) is 6.07 Å². The van der Waals surface area contributed by atoms with Crippen LogP contribution in [0.4, 0.5) is 4.39 Å². The molecule has 0 saturated carbocycles. The number of hydrogen-bond donors (Lipinski definition) is 1. The van der Waals surface area contributed by atoms with E-state index in [-0.39, 0.29) is 17.9 Å². The van der Waals surface area contributed by atoms with Gasteiger partial charge < -0.3 is 5.73 Å². The number of rotatable bonds is 3. The number of nitrogens with two attached hydrogens (primary N) is 1. The van der Waals surface area contributed by atoms with Crippen molar-refractivity contribution in [3.05, 3.63) is 41.5 Å². The highest BCUT2D eigenvalue weighted by molar-refractivity contribution is 5.69. The van der Waals surface area contributed by atoms with Gasteiger partial charge in [-0.3, -0.25) is 4.68 Å². The third kappa shape index (κ3) is 2.68. The molecule has 102 valence electrons. The Morgan fingerprint density at radius 3 is 2.42 bits per heavy atom. The Kier molecular flexibility index (Phi) is 3.71. The molecule has 2 N–H and O–H groups in total. The number of nitrogens with zero attached hydrogens (tertiary/aromatic N) is 2. The lowest BCUT2D eigenvalue weighted by Crippen LogP contribution is -2.07. The van der Waals surface area contributed by atoms with Crippen LogP contribution in [-0.2, 0) is 0 Å². The summed E-state index contributed by atoms with van der Waals surface area (Å²) in [5, 5.41) is 4.47. The van der Waals surface area contributed by atoms with Gasteiger partial charge in [0.05, 0.1) is 5.69 Å². The number of benzene rings is 1. The molecular weight excluding hydrogens is 241 g/mol. The van der Waals surface area contributed by atoms with E-state index in [4.69, 9.17) is 5.73 Å². The van der Waals surface area contributed by atoms with Crippen molar-refractivity contribution in [2.75, 3.05) is 0 Å². The van der Waals surface area contributed by atoms with E-state index in [9.17, 15) is 4.39 Å². The van der Waals surface area contributed by atoms with Gasteiger partial charge >= 0.3 is 0 Å². The standard InChI is InChI=1S/C15H20FN3/c1-9(2)19-8-15(11(4)18-19)14-7-12(16)5-6-13(14)10(3)17/h5-10H,17H2,1-4H3. The molecule has 1 atom stereocenters. The quantitative estimate of drug-likeness (QED) is 0.917. The monoisotopic (exact) mass is 261 g/mol. The Labute approximate surface area is 113 Å². The van der Waals surface area contributed by atoms with Gasteiger partial charge in [0.1, 0.15) is 5.82 Å². The van der Waals surface area contributed by atoms with Gasteiger partial charge in [-0.05, 0) is 51.0 Å². The highest BCUT2D eigenvalue weighted by Gasteiger charge is 2.15. The lowest BCUT2D eigenvalue weighted by atomic mass is 9.96. The van der Waals surface area contributed by atoms with Crippen LogP contribution in [0.15, 0.2) is 24.4 Å². The van der Waals surface area contributed by atoms with Gasteiger partial charge in [0.2, 0.25) is 0 Å². The Morgan fingerprint density at radius 2 is 1.89 bits per heavy atom. The molecule has 3 nitrogen and oxygen atoms in total. The van der Waals surface area contributed by atoms with Crippen molar-refractivity contribution in [2.24, 2.45) is 5.73 Å². The van der Waals surface area contributed by atoms with Crippen LogP contribution in [0, 0.1) is 12.7 Å². The van der Waals surface area contributed by atoms with E-state index in [0.29, 0.717) is 0 Å². The molecule has 19 heavy (non-hydrogen) atoms. The zero-order valence-electron chi connectivity index (χ0n) is 11.8. The summed E-state index contributed by atoms with van der Waals surface area (Å²) in [4.78, 5) is 0. The third-order valence-electron chi connectivity index (χ3n) is 3.24. The summed E-state index contributed by atoms with van der Waals surface area (Å²) in [7, 11) is 0. The normalized spacial score (nSPS) is 13.0. The maximum atomic E-state index is 13.5. The molecule has 0 spiro atoms. The molecule has 2 aromatic rings. The van der Waals surface area contributed by atoms with Crippen molar-refractivity contribution >= 4 is 0 Å². The highest BCUT2D eigenvalue weighted by atomic mass is 19.1. The van der Waals surface area contributed by atoms with Gasteiger partial charge in [-0.2, -0.15) is 5.10 Å². The Bertz CT molecular complexity index is 585. The fourth-order valence-electron chi connectivity index (χ4n) is 2.17. The summed E-state index contributed by atoms with van der Waals surface area (Å²) in [5.74, 6) is -0.254. The maximum absolute atomic E-state index is 13.5. The molecule has 0 aliphatic carbocycles. The van der Waals surface area contributed by atoms with Crippen molar-refractivity contribution in [3.8, 4) is 11.1 Å². The molecule has 0 aliphatic heterocycles. The van der Waals surface area contributed by atoms with Crippen LogP contribution >= 0.6 is 0 Å². The van der Waals surface area contributed by atoms with E-state index in [1.165, 1.54) is 12.1 Å². The minimum absolute atomic E-state index is 0.141. The van der Waals surface area contributed by atoms with Gasteiger partial charge in [-0.15, -0.1) is 0 Å². The lowest BCUT2D eigenvalue weighted by Gasteiger charge is -2.12. The third-order valence-corrected chi connectivity index (χ3v) is 3.24. The zero-order valence-corrected chi connectivity index (χ0v) is 11.8. The molecular formula is C15H20FN3. The molecule has 1 unspecified atom stereocenters. The summed E-state index contributed by atoms with van der Waals surface area (Å²) in [5.41, 5.74) is 9.57. The molecule has 0 aliphatic rings. The molecule has 2 rings (SSSR count). The minimum Gasteiger partial charge on any atom is -0.324 e. The van der Waals surface area contributed by atoms with Crippen molar-refractivity contribution < 1.29 is 4.39 Å². The second-order valence-corrected chi connectivity index (χ2v) is 5.22. The largest absolute Gasteiger partial charge is 0.324 e. The van der Waals surface area contributed by atoms with Gasteiger partial charge in [-0.1, -0.05) is 6.07 Å². The highest BCUT2D eigenvalue weighted by Crippen LogP contribution is 2.30. The van der Waals surface area contributed by atoms with Crippen molar-refractivity contribution in [1.82, 2.24) is 9.78 Å². The van der Waals surface area contributed by atoms with E-state index >= 15 is 0 Å². The molecule has 0 radical (unpaired) electrons. The number of aromatic nitrogens is 2. The first-order valence-corrected chi connectivity index (χ1v) is 6.51. The van der Waals surface area contributed by atoms with Crippen molar-refractivity contribution in [1.29, 1.82) is 0 Å². The first kappa shape index (κ1) is 13.7. The van der Waals surface area contributed by atoms with E-state index < -0.39 is 0 Å². The fraction of sp³-hybridized carbons (Fsp3) is 0.400. The van der Waals surface area contributed by atoms with Gasteiger partial charge in [-0.25, -0.2) is 4.39 Å². The first-order chi connectivity index (χ1) is 8.90. The minimum atomic E-state index is -0.254. The van der Waals surface area contributed by atoms with Crippen LogP contribution in [-0.4, -0.2) is 9.78 Å². The summed E-state index contributed by atoms with van der Waals surface area (Å²) >= 11 is 0. The summed E-state index contributed by atoms with van der Waals surface area (Å²) in [6.45, 7) is 7.96. The van der Waals surface area contributed by atoms with Gasteiger partial charge in [0.25, 0.3) is 0 Å². The molecule has 0 amide bonds. The van der Waals surface area contributed by atoms with Crippen molar-refractivity contribution in [3.63, 3.8) is 0 Å². The average Bonchev–Trinajstić information content (AvgIpc) is 2.71. The van der Waals surface area contributed by atoms with Crippen LogP contribution in [0.1, 0.15) is 44.1 Å². The Balaban J connectivity index is 2.60. The molecule has 0 bridgehead atoms. The fourth-order valence-corrected chi connectivity index (χ4v) is 2.17. The topological polar surface area (TPSA) is 43.8 Å². The summed E-state index contributed by atoms with van der Waals surface area (Å²) in [6, 6.07) is 4.87. The van der Waals surface area contributed by atoms with Crippen LogP contribution in [0.5, 0.6) is 0 Å². The first-order valence-electron chi connectivity index (χ1n) is 6.51. The predicted octanol–water partition coefficient (Wildman–Crippen LogP) is 3.60. The molecule has 1 aromatic carbocycles. The second kappa shape index (κ2) is 5.13. The average molecular weight is 261 g/mol. The second-order valence-electron chi connectivity index (χ2n) is 5.22. The van der Waals surface area contributed by atoms with Crippen LogP contribution in [0.25, 0.3) is 11.1 Å². The Hall–Kier alpha value is -1.68. The number of hydrogen-bond acceptors (Lipinski definition) is 2. The molecule has 0 fully saturated rings. The van der Waals surface area contributed by atoms with Crippen molar-refractivity contribution in [2.45, 2.75) is 39.8 Å². The van der Waals surface area contributed by atoms with E-state index in [1.807, 2.05) is 24.7 Å². The van der Waals surface area contributed by atoms with Crippen LogP contribution < -0.4 is 5.73 Å². The predicted molar refractivity (Wildman–Crippen MR) is 75.3 cm³/mol. The number of halogens is 1. The van der Waals surface area contributed by atoms with Gasteiger partial charge in [0.15, 0.2) is 0 Å². The zero-order chi connectivity index (χ0) is 14.2. The SMILES string of the molecule is Cc1nn(C(C)C)cc1-c1cc(F)ccc1C(C)N.